The summed E-state index contributed by atoms with van der Waals surface area (Å²) in [6, 6.07) is -1.63. The fraction of sp³-hybridized carbons (Fsp3) is 0.615. The van der Waals surface area contributed by atoms with Gasteiger partial charge in [0, 0.05) is 13.0 Å². The van der Waals surface area contributed by atoms with E-state index in [4.69, 9.17) is 10.8 Å². The molecule has 7 heteroatoms. The number of rotatable bonds is 7. The minimum atomic E-state index is -1.18. The standard InChI is InChI=1S/C13H21N3O4/c14-11(17)7-6-10(12(18)19)16-13(20)15-8-9-4-2-1-3-5-9/h1-2,9-10H,3-8H2,(H2,14,17)(H,18,19)(H2,15,16,20)/t9?,10-/m1/s1. The second-order valence-corrected chi connectivity index (χ2v) is 4.90. The number of hydrogen-bond donors (Lipinski definition) is 4. The molecule has 1 aliphatic carbocycles. The van der Waals surface area contributed by atoms with E-state index in [0.717, 1.165) is 19.3 Å². The van der Waals surface area contributed by atoms with Crippen molar-refractivity contribution in [3.05, 3.63) is 12.2 Å². The lowest BCUT2D eigenvalue weighted by Gasteiger charge is -2.19. The summed E-state index contributed by atoms with van der Waals surface area (Å²) in [6.07, 6.45) is 7.05. The minimum absolute atomic E-state index is 0.00967. The van der Waals surface area contributed by atoms with Crippen LogP contribution < -0.4 is 16.4 Å². The number of hydrogen-bond acceptors (Lipinski definition) is 3. The molecule has 0 saturated heterocycles. The van der Waals surface area contributed by atoms with E-state index in [9.17, 15) is 14.4 Å². The third-order valence-corrected chi connectivity index (χ3v) is 3.21. The van der Waals surface area contributed by atoms with Crippen molar-refractivity contribution < 1.29 is 19.5 Å². The van der Waals surface area contributed by atoms with Gasteiger partial charge >= 0.3 is 12.0 Å². The van der Waals surface area contributed by atoms with Gasteiger partial charge in [0.05, 0.1) is 0 Å². The monoisotopic (exact) mass is 283 g/mol. The number of amides is 3. The highest BCUT2D eigenvalue weighted by molar-refractivity contribution is 5.83. The van der Waals surface area contributed by atoms with Gasteiger partial charge in [0.25, 0.3) is 0 Å². The van der Waals surface area contributed by atoms with Crippen LogP contribution in [-0.2, 0) is 9.59 Å². The Kier molecular flexibility index (Phi) is 6.55. The third kappa shape index (κ3) is 6.21. The molecule has 1 rings (SSSR count). The first kappa shape index (κ1) is 16.0. The van der Waals surface area contributed by atoms with Gasteiger partial charge in [-0.25, -0.2) is 9.59 Å². The summed E-state index contributed by atoms with van der Waals surface area (Å²) in [5, 5.41) is 13.9. The summed E-state index contributed by atoms with van der Waals surface area (Å²) in [5.41, 5.74) is 4.96. The Labute approximate surface area is 117 Å². The van der Waals surface area contributed by atoms with Gasteiger partial charge in [-0.05, 0) is 31.6 Å². The lowest BCUT2D eigenvalue weighted by molar-refractivity contribution is -0.139. The van der Waals surface area contributed by atoms with E-state index in [2.05, 4.69) is 22.8 Å². The number of carboxylic acid groups (broad SMARTS) is 1. The predicted octanol–water partition coefficient (Wildman–Crippen LogP) is 0.361. The van der Waals surface area contributed by atoms with Crippen molar-refractivity contribution in [3.8, 4) is 0 Å². The number of carbonyl (C=O) groups excluding carboxylic acids is 2. The van der Waals surface area contributed by atoms with Gasteiger partial charge in [0.2, 0.25) is 5.91 Å². The zero-order chi connectivity index (χ0) is 15.0. The molecule has 112 valence electrons. The van der Waals surface area contributed by atoms with Crippen molar-refractivity contribution in [1.82, 2.24) is 10.6 Å². The molecule has 20 heavy (non-hydrogen) atoms. The lowest BCUT2D eigenvalue weighted by atomic mass is 9.94. The highest BCUT2D eigenvalue weighted by Crippen LogP contribution is 2.16. The minimum Gasteiger partial charge on any atom is -0.480 e. The topological polar surface area (TPSA) is 122 Å². The number of nitrogens with one attached hydrogen (secondary N) is 2. The molecule has 0 radical (unpaired) electrons. The van der Waals surface area contributed by atoms with Gasteiger partial charge in [-0.2, -0.15) is 0 Å². The molecular weight excluding hydrogens is 262 g/mol. The van der Waals surface area contributed by atoms with Gasteiger partial charge in [-0.3, -0.25) is 4.79 Å². The number of carboxylic acids is 1. The summed E-state index contributed by atoms with van der Waals surface area (Å²) in [7, 11) is 0. The molecule has 0 heterocycles. The number of nitrogens with two attached hydrogens (primary N) is 1. The van der Waals surface area contributed by atoms with Crippen molar-refractivity contribution in [1.29, 1.82) is 0 Å². The van der Waals surface area contributed by atoms with Crippen LogP contribution in [0.1, 0.15) is 32.1 Å². The average molecular weight is 283 g/mol. The van der Waals surface area contributed by atoms with Crippen molar-refractivity contribution in [2.24, 2.45) is 11.7 Å². The molecule has 0 spiro atoms. The Bertz CT molecular complexity index is 395. The Morgan fingerprint density at radius 1 is 1.35 bits per heavy atom. The molecule has 0 aliphatic heterocycles. The molecule has 0 fully saturated rings. The maximum absolute atomic E-state index is 11.6. The SMILES string of the molecule is NC(=O)CC[C@@H](NC(=O)NCC1CC=CCC1)C(=O)O. The van der Waals surface area contributed by atoms with Crippen LogP contribution in [0.4, 0.5) is 4.79 Å². The Balaban J connectivity index is 2.31. The van der Waals surface area contributed by atoms with E-state index in [1.165, 1.54) is 0 Å². The van der Waals surface area contributed by atoms with E-state index in [-0.39, 0.29) is 12.8 Å². The summed E-state index contributed by atoms with van der Waals surface area (Å²) in [4.78, 5) is 33.2. The Hall–Kier alpha value is -2.05. The van der Waals surface area contributed by atoms with E-state index >= 15 is 0 Å². The van der Waals surface area contributed by atoms with Crippen LogP contribution in [0.25, 0.3) is 0 Å². The van der Waals surface area contributed by atoms with Gasteiger partial charge < -0.3 is 21.5 Å². The molecule has 3 amide bonds. The molecule has 0 aromatic rings. The van der Waals surface area contributed by atoms with Crippen LogP contribution in [0, 0.1) is 5.92 Å². The molecule has 7 nitrogen and oxygen atoms in total. The highest BCUT2D eigenvalue weighted by Gasteiger charge is 2.20. The normalized spacial score (nSPS) is 19.1. The van der Waals surface area contributed by atoms with E-state index < -0.39 is 23.9 Å². The second kappa shape index (κ2) is 8.19. The fourth-order valence-corrected chi connectivity index (χ4v) is 2.03. The molecule has 1 unspecified atom stereocenters. The molecule has 0 aromatic heterocycles. The van der Waals surface area contributed by atoms with Gasteiger partial charge in [-0.15, -0.1) is 0 Å². The first-order chi connectivity index (χ1) is 9.49. The number of urea groups is 1. The van der Waals surface area contributed by atoms with E-state index in [0.29, 0.717) is 12.5 Å². The number of allylic oxidation sites excluding steroid dienone is 2. The number of primary amides is 1. The first-order valence-electron chi connectivity index (χ1n) is 6.69. The van der Waals surface area contributed by atoms with Crippen LogP contribution in [0.5, 0.6) is 0 Å². The number of carbonyl (C=O) groups is 3. The van der Waals surface area contributed by atoms with Gasteiger partial charge in [0.15, 0.2) is 0 Å². The first-order valence-corrected chi connectivity index (χ1v) is 6.69. The molecule has 1 aliphatic rings. The van der Waals surface area contributed by atoms with Crippen LogP contribution in [0.3, 0.4) is 0 Å². The molecule has 0 aromatic carbocycles. The fourth-order valence-electron chi connectivity index (χ4n) is 2.03. The highest BCUT2D eigenvalue weighted by atomic mass is 16.4. The Morgan fingerprint density at radius 2 is 2.10 bits per heavy atom. The van der Waals surface area contributed by atoms with E-state index in [1.807, 2.05) is 0 Å². The molecule has 5 N–H and O–H groups in total. The smallest absolute Gasteiger partial charge is 0.326 e. The summed E-state index contributed by atoms with van der Waals surface area (Å²) in [5.74, 6) is -1.38. The molecule has 0 bridgehead atoms. The summed E-state index contributed by atoms with van der Waals surface area (Å²) in [6.45, 7) is 0.512. The van der Waals surface area contributed by atoms with Crippen molar-refractivity contribution >= 4 is 17.9 Å². The summed E-state index contributed by atoms with van der Waals surface area (Å²) < 4.78 is 0. The van der Waals surface area contributed by atoms with Crippen LogP contribution >= 0.6 is 0 Å². The second-order valence-electron chi connectivity index (χ2n) is 4.90. The largest absolute Gasteiger partial charge is 0.480 e. The predicted molar refractivity (Wildman–Crippen MR) is 72.9 cm³/mol. The maximum Gasteiger partial charge on any atom is 0.326 e. The summed E-state index contributed by atoms with van der Waals surface area (Å²) >= 11 is 0. The molecule has 2 atom stereocenters. The Morgan fingerprint density at radius 3 is 2.65 bits per heavy atom. The van der Waals surface area contributed by atoms with Crippen molar-refractivity contribution in [3.63, 3.8) is 0 Å². The zero-order valence-electron chi connectivity index (χ0n) is 11.3. The van der Waals surface area contributed by atoms with Crippen molar-refractivity contribution in [2.75, 3.05) is 6.54 Å². The maximum atomic E-state index is 11.6. The van der Waals surface area contributed by atoms with Gasteiger partial charge in [-0.1, -0.05) is 12.2 Å². The van der Waals surface area contributed by atoms with Gasteiger partial charge in [0.1, 0.15) is 6.04 Å². The van der Waals surface area contributed by atoms with Crippen LogP contribution in [0.2, 0.25) is 0 Å². The zero-order valence-corrected chi connectivity index (χ0v) is 11.3. The molecular formula is C13H21N3O4. The quantitative estimate of drug-likeness (QED) is 0.504. The molecule has 0 saturated carbocycles. The van der Waals surface area contributed by atoms with Crippen molar-refractivity contribution in [2.45, 2.75) is 38.1 Å². The van der Waals surface area contributed by atoms with Crippen LogP contribution in [-0.4, -0.2) is 35.6 Å². The average Bonchev–Trinajstić information content (AvgIpc) is 2.41. The van der Waals surface area contributed by atoms with E-state index in [1.54, 1.807) is 0 Å². The lowest BCUT2D eigenvalue weighted by Crippen LogP contribution is -2.47. The number of aliphatic carboxylic acids is 1. The van der Waals surface area contributed by atoms with Crippen LogP contribution in [0.15, 0.2) is 12.2 Å². The third-order valence-electron chi connectivity index (χ3n) is 3.21.